The zero-order valence-electron chi connectivity index (χ0n) is 20.6. The van der Waals surface area contributed by atoms with E-state index in [9.17, 15) is 22.4 Å². The molecule has 1 aliphatic heterocycles. The van der Waals surface area contributed by atoms with Gasteiger partial charge in [0.2, 0.25) is 11.9 Å². The van der Waals surface area contributed by atoms with Crippen molar-refractivity contribution in [3.8, 4) is 0 Å². The number of benzene rings is 2. The normalized spacial score (nSPS) is 14.2. The molecule has 0 unspecified atom stereocenters. The molecule has 38 heavy (non-hydrogen) atoms. The summed E-state index contributed by atoms with van der Waals surface area (Å²) in [5.41, 5.74) is 0.231. The third-order valence-electron chi connectivity index (χ3n) is 6.06. The molecule has 200 valence electrons. The van der Waals surface area contributed by atoms with E-state index in [0.29, 0.717) is 11.9 Å². The van der Waals surface area contributed by atoms with Crippen LogP contribution >= 0.6 is 0 Å². The van der Waals surface area contributed by atoms with E-state index in [2.05, 4.69) is 49.2 Å². The van der Waals surface area contributed by atoms with Crippen LogP contribution in [0.5, 0.6) is 0 Å². The van der Waals surface area contributed by atoms with Crippen LogP contribution in [0.4, 0.5) is 52.1 Å². The Labute approximate surface area is 217 Å². The maximum Gasteiger partial charge on any atom is 0.421 e. The number of likely N-dealkylation sites (N-methyl/N-ethyl adjacent to an activating group) is 1. The van der Waals surface area contributed by atoms with E-state index in [4.69, 9.17) is 0 Å². The highest BCUT2D eigenvalue weighted by atomic mass is 19.4. The van der Waals surface area contributed by atoms with E-state index in [-0.39, 0.29) is 17.3 Å². The Morgan fingerprint density at radius 3 is 2.47 bits per heavy atom. The Morgan fingerprint density at radius 2 is 1.82 bits per heavy atom. The van der Waals surface area contributed by atoms with E-state index < -0.39 is 29.3 Å². The second-order valence-corrected chi connectivity index (χ2v) is 8.56. The standard InChI is InChI=1S/C26H27F4N7O/c1-3-23(38)32-17-6-5-7-18(14-17)33-24-20(26(28,29)30)16-31-25(35-24)34-22-9-8-19(15-21(22)27)37-12-10-36(4-2)11-13-37/h3,5-9,14-16H,1,4,10-13H2,2H3,(H,32,38)(H2,31,33,34,35). The number of amides is 1. The molecule has 3 N–H and O–H groups in total. The molecule has 0 atom stereocenters. The lowest BCUT2D eigenvalue weighted by Gasteiger charge is -2.35. The molecule has 8 nitrogen and oxygen atoms in total. The topological polar surface area (TPSA) is 85.4 Å². The van der Waals surface area contributed by atoms with Gasteiger partial charge in [0.1, 0.15) is 17.2 Å². The molecule has 12 heteroatoms. The fraction of sp³-hybridized carbons (Fsp3) is 0.269. The molecule has 0 saturated carbocycles. The number of nitrogens with one attached hydrogen (secondary N) is 3. The molecule has 1 amide bonds. The van der Waals surface area contributed by atoms with Gasteiger partial charge >= 0.3 is 6.18 Å². The van der Waals surface area contributed by atoms with Crippen LogP contribution in [-0.2, 0) is 11.0 Å². The summed E-state index contributed by atoms with van der Waals surface area (Å²) >= 11 is 0. The van der Waals surface area contributed by atoms with Gasteiger partial charge < -0.3 is 25.8 Å². The van der Waals surface area contributed by atoms with Crippen LogP contribution in [0.25, 0.3) is 0 Å². The summed E-state index contributed by atoms with van der Waals surface area (Å²) in [6.07, 6.45) is -3.05. The van der Waals surface area contributed by atoms with Gasteiger partial charge in [0.05, 0.1) is 5.69 Å². The van der Waals surface area contributed by atoms with Crippen molar-refractivity contribution in [2.75, 3.05) is 53.6 Å². The molecule has 2 aromatic carbocycles. The molecule has 0 radical (unpaired) electrons. The zero-order chi connectivity index (χ0) is 27.3. The minimum atomic E-state index is -4.75. The minimum Gasteiger partial charge on any atom is -0.369 e. The number of carbonyl (C=O) groups is 1. The first-order chi connectivity index (χ1) is 18.2. The van der Waals surface area contributed by atoms with Gasteiger partial charge in [-0.2, -0.15) is 18.2 Å². The highest BCUT2D eigenvalue weighted by Crippen LogP contribution is 2.36. The summed E-state index contributed by atoms with van der Waals surface area (Å²) < 4.78 is 55.9. The predicted molar refractivity (Wildman–Crippen MR) is 140 cm³/mol. The van der Waals surface area contributed by atoms with Crippen LogP contribution in [0.3, 0.4) is 0 Å². The summed E-state index contributed by atoms with van der Waals surface area (Å²) in [6.45, 7) is 9.74. The second kappa shape index (κ2) is 11.5. The molecular formula is C26H27F4N7O. The van der Waals surface area contributed by atoms with Crippen LogP contribution in [-0.4, -0.2) is 53.5 Å². The van der Waals surface area contributed by atoms with E-state index in [1.807, 2.05) is 0 Å². The van der Waals surface area contributed by atoms with Gasteiger partial charge in [-0.1, -0.05) is 19.6 Å². The van der Waals surface area contributed by atoms with Crippen LogP contribution in [0.2, 0.25) is 0 Å². The predicted octanol–water partition coefficient (Wildman–Crippen LogP) is 5.39. The number of halogens is 4. The first-order valence-electron chi connectivity index (χ1n) is 11.9. The Kier molecular flexibility index (Phi) is 8.10. The van der Waals surface area contributed by atoms with Gasteiger partial charge in [0.25, 0.3) is 0 Å². The zero-order valence-corrected chi connectivity index (χ0v) is 20.6. The summed E-state index contributed by atoms with van der Waals surface area (Å²) in [6, 6.07) is 10.7. The number of nitrogens with zero attached hydrogens (tertiary/aromatic N) is 4. The fourth-order valence-electron chi connectivity index (χ4n) is 3.99. The number of rotatable bonds is 8. The van der Waals surface area contributed by atoms with Crippen molar-refractivity contribution in [2.45, 2.75) is 13.1 Å². The van der Waals surface area contributed by atoms with Crippen LogP contribution in [0.1, 0.15) is 12.5 Å². The largest absolute Gasteiger partial charge is 0.421 e. The van der Waals surface area contributed by atoms with Gasteiger partial charge in [0.15, 0.2) is 0 Å². The van der Waals surface area contributed by atoms with Gasteiger partial charge in [-0.05, 0) is 49.0 Å². The lowest BCUT2D eigenvalue weighted by Crippen LogP contribution is -2.46. The van der Waals surface area contributed by atoms with Gasteiger partial charge in [-0.3, -0.25) is 4.79 Å². The number of hydrogen-bond donors (Lipinski definition) is 3. The molecule has 1 saturated heterocycles. The molecule has 0 bridgehead atoms. The number of hydrogen-bond acceptors (Lipinski definition) is 7. The number of carbonyl (C=O) groups excluding carboxylic acids is 1. The molecular weight excluding hydrogens is 502 g/mol. The number of aromatic nitrogens is 2. The minimum absolute atomic E-state index is 0.0285. The molecule has 1 aromatic heterocycles. The molecule has 0 spiro atoms. The third kappa shape index (κ3) is 6.57. The Hall–Kier alpha value is -4.19. The molecule has 4 rings (SSSR count). The smallest absolute Gasteiger partial charge is 0.369 e. The first-order valence-corrected chi connectivity index (χ1v) is 11.9. The second-order valence-electron chi connectivity index (χ2n) is 8.56. The van der Waals surface area contributed by atoms with Gasteiger partial charge in [0, 0.05) is 49.4 Å². The van der Waals surface area contributed by atoms with Crippen molar-refractivity contribution in [3.05, 3.63) is 72.7 Å². The summed E-state index contributed by atoms with van der Waals surface area (Å²) in [7, 11) is 0. The van der Waals surface area contributed by atoms with Gasteiger partial charge in [-0.25, -0.2) is 9.37 Å². The lowest BCUT2D eigenvalue weighted by molar-refractivity contribution is -0.137. The van der Waals surface area contributed by atoms with Crippen molar-refractivity contribution in [1.29, 1.82) is 0 Å². The maximum atomic E-state index is 14.9. The average Bonchev–Trinajstić information content (AvgIpc) is 2.89. The van der Waals surface area contributed by atoms with E-state index >= 15 is 0 Å². The molecule has 0 aliphatic carbocycles. The van der Waals surface area contributed by atoms with Crippen LogP contribution in [0, 0.1) is 5.82 Å². The van der Waals surface area contributed by atoms with Crippen LogP contribution in [0.15, 0.2) is 61.3 Å². The monoisotopic (exact) mass is 529 g/mol. The van der Waals surface area contributed by atoms with E-state index in [0.717, 1.165) is 44.5 Å². The van der Waals surface area contributed by atoms with E-state index in [1.165, 1.54) is 24.3 Å². The maximum absolute atomic E-state index is 14.9. The SMILES string of the molecule is C=CC(=O)Nc1cccc(Nc2nc(Nc3ccc(N4CCN(CC)CC4)cc3F)ncc2C(F)(F)F)c1. The van der Waals surface area contributed by atoms with Crippen molar-refractivity contribution in [1.82, 2.24) is 14.9 Å². The highest BCUT2D eigenvalue weighted by molar-refractivity contribution is 5.99. The highest BCUT2D eigenvalue weighted by Gasteiger charge is 2.35. The van der Waals surface area contributed by atoms with Crippen molar-refractivity contribution in [3.63, 3.8) is 0 Å². The summed E-state index contributed by atoms with van der Waals surface area (Å²) in [5, 5.41) is 7.82. The number of piperazine rings is 1. The molecule has 1 aliphatic rings. The number of anilines is 6. The average molecular weight is 530 g/mol. The van der Waals surface area contributed by atoms with Crippen molar-refractivity contribution >= 4 is 40.4 Å². The van der Waals surface area contributed by atoms with Crippen molar-refractivity contribution < 1.29 is 22.4 Å². The van der Waals surface area contributed by atoms with E-state index in [1.54, 1.807) is 18.2 Å². The van der Waals surface area contributed by atoms with Crippen molar-refractivity contribution in [2.24, 2.45) is 0 Å². The Bertz CT molecular complexity index is 1310. The van der Waals surface area contributed by atoms with Gasteiger partial charge in [-0.15, -0.1) is 0 Å². The lowest BCUT2D eigenvalue weighted by atomic mass is 10.2. The fourth-order valence-corrected chi connectivity index (χ4v) is 3.99. The molecule has 1 fully saturated rings. The number of alkyl halides is 3. The van der Waals surface area contributed by atoms with Crippen LogP contribution < -0.4 is 20.9 Å². The Morgan fingerprint density at radius 1 is 1.08 bits per heavy atom. The first kappa shape index (κ1) is 26.9. The Balaban J connectivity index is 1.55. The summed E-state index contributed by atoms with van der Waals surface area (Å²) in [4.78, 5) is 23.7. The third-order valence-corrected chi connectivity index (χ3v) is 6.06. The molecule has 2 heterocycles. The molecule has 3 aromatic rings. The summed E-state index contributed by atoms with van der Waals surface area (Å²) in [5.74, 6) is -1.81. The quantitative estimate of drug-likeness (QED) is 0.267.